The third-order valence-electron chi connectivity index (χ3n) is 4.64. The van der Waals surface area contributed by atoms with Crippen LogP contribution in [0.25, 0.3) is 27.5 Å². The second-order valence-electron chi connectivity index (χ2n) is 6.60. The fraction of sp³-hybridized carbons (Fsp3) is 0.150. The molecular formula is C20H15F3N4O3. The van der Waals surface area contributed by atoms with Gasteiger partial charge in [0, 0.05) is 30.0 Å². The van der Waals surface area contributed by atoms with Gasteiger partial charge in [-0.3, -0.25) is 19.4 Å². The average molecular weight is 416 g/mol. The lowest BCUT2D eigenvalue weighted by molar-refractivity contribution is -0.137. The number of aryl methyl sites for hydroxylation is 1. The van der Waals surface area contributed by atoms with Crippen LogP contribution in [0.2, 0.25) is 0 Å². The van der Waals surface area contributed by atoms with Gasteiger partial charge in [0.15, 0.2) is 0 Å². The zero-order valence-electron chi connectivity index (χ0n) is 15.8. The molecule has 4 rings (SSSR count). The normalized spacial score (nSPS) is 11.8. The highest BCUT2D eigenvalue weighted by molar-refractivity contribution is 6.05. The summed E-state index contributed by atoms with van der Waals surface area (Å²) in [6.07, 6.45) is -3.60. The number of ether oxygens (including phenoxy) is 1. The molecule has 0 spiro atoms. The van der Waals surface area contributed by atoms with E-state index >= 15 is 0 Å². The predicted octanol–water partition coefficient (Wildman–Crippen LogP) is 4.07. The molecule has 0 radical (unpaired) electrons. The van der Waals surface area contributed by atoms with Crippen LogP contribution in [-0.2, 0) is 18.0 Å². The van der Waals surface area contributed by atoms with Crippen molar-refractivity contribution in [2.45, 2.75) is 6.18 Å². The van der Waals surface area contributed by atoms with Gasteiger partial charge < -0.3 is 4.74 Å². The Kier molecular flexibility index (Phi) is 4.49. The quantitative estimate of drug-likeness (QED) is 0.534. The van der Waals surface area contributed by atoms with E-state index < -0.39 is 23.4 Å². The molecule has 0 saturated heterocycles. The Hall–Kier alpha value is -3.82. The summed E-state index contributed by atoms with van der Waals surface area (Å²) in [5, 5.41) is 7.71. The third kappa shape index (κ3) is 3.25. The van der Waals surface area contributed by atoms with Gasteiger partial charge in [-0.1, -0.05) is 0 Å². The van der Waals surface area contributed by atoms with E-state index in [1.165, 1.54) is 34.7 Å². The predicted molar refractivity (Wildman–Crippen MR) is 105 cm³/mol. The van der Waals surface area contributed by atoms with Gasteiger partial charge in [0.05, 0.1) is 23.6 Å². The number of alkyl halides is 3. The van der Waals surface area contributed by atoms with Crippen molar-refractivity contribution < 1.29 is 22.7 Å². The van der Waals surface area contributed by atoms with Crippen LogP contribution < -0.4 is 10.9 Å². The van der Waals surface area contributed by atoms with Gasteiger partial charge in [0.2, 0.25) is 0 Å². The zero-order valence-corrected chi connectivity index (χ0v) is 15.8. The standard InChI is InChI=1S/C20H15F3N4O3/c1-26-10-15-17(25-26)14-9-12(24-19(29)30-2)5-8-16(14)27(18(15)28)13-6-3-11(4-7-13)20(21,22)23/h3-10H,1-2H3,(H,24,29). The number of hydrogen-bond donors (Lipinski definition) is 1. The number of amides is 1. The van der Waals surface area contributed by atoms with Gasteiger partial charge in [-0.2, -0.15) is 18.3 Å². The van der Waals surface area contributed by atoms with Gasteiger partial charge >= 0.3 is 12.3 Å². The molecule has 0 aliphatic heterocycles. The van der Waals surface area contributed by atoms with Crippen LogP contribution in [-0.4, -0.2) is 27.6 Å². The molecule has 2 heterocycles. The molecule has 4 aromatic rings. The monoisotopic (exact) mass is 416 g/mol. The van der Waals surface area contributed by atoms with Crippen LogP contribution in [0.15, 0.2) is 53.5 Å². The maximum Gasteiger partial charge on any atom is 0.416 e. The maximum absolute atomic E-state index is 13.1. The molecule has 10 heteroatoms. The van der Waals surface area contributed by atoms with E-state index in [0.29, 0.717) is 27.5 Å². The molecule has 154 valence electrons. The molecule has 0 atom stereocenters. The van der Waals surface area contributed by atoms with Crippen molar-refractivity contribution in [1.29, 1.82) is 0 Å². The van der Waals surface area contributed by atoms with E-state index in [-0.39, 0.29) is 5.69 Å². The Labute approximate surface area is 167 Å². The summed E-state index contributed by atoms with van der Waals surface area (Å²) in [6.45, 7) is 0. The minimum Gasteiger partial charge on any atom is -0.453 e. The van der Waals surface area contributed by atoms with E-state index in [2.05, 4.69) is 15.2 Å². The van der Waals surface area contributed by atoms with Crippen molar-refractivity contribution in [3.8, 4) is 5.69 Å². The van der Waals surface area contributed by atoms with E-state index in [0.717, 1.165) is 12.1 Å². The second kappa shape index (κ2) is 6.90. The van der Waals surface area contributed by atoms with E-state index in [1.807, 2.05) is 0 Å². The van der Waals surface area contributed by atoms with Crippen LogP contribution in [0.3, 0.4) is 0 Å². The Bertz CT molecular complexity index is 1340. The molecule has 1 amide bonds. The molecule has 2 aromatic carbocycles. The Morgan fingerprint density at radius 2 is 1.80 bits per heavy atom. The van der Waals surface area contributed by atoms with Crippen molar-refractivity contribution in [3.05, 3.63) is 64.6 Å². The number of methoxy groups -OCH3 is 1. The highest BCUT2D eigenvalue weighted by Gasteiger charge is 2.30. The number of hydrogen-bond acceptors (Lipinski definition) is 4. The first-order chi connectivity index (χ1) is 14.2. The number of nitrogens with zero attached hydrogens (tertiary/aromatic N) is 3. The lowest BCUT2D eigenvalue weighted by Crippen LogP contribution is -2.19. The molecule has 30 heavy (non-hydrogen) atoms. The number of fused-ring (bicyclic) bond motifs is 3. The summed E-state index contributed by atoms with van der Waals surface area (Å²) >= 11 is 0. The maximum atomic E-state index is 13.1. The Morgan fingerprint density at radius 3 is 2.43 bits per heavy atom. The van der Waals surface area contributed by atoms with Crippen LogP contribution in [0.5, 0.6) is 0 Å². The minimum atomic E-state index is -4.48. The summed E-state index contributed by atoms with van der Waals surface area (Å²) < 4.78 is 46.1. The lowest BCUT2D eigenvalue weighted by Gasteiger charge is -2.14. The van der Waals surface area contributed by atoms with Gasteiger partial charge in [-0.05, 0) is 42.5 Å². The first-order valence-corrected chi connectivity index (χ1v) is 8.74. The average Bonchev–Trinajstić information content (AvgIpc) is 3.10. The van der Waals surface area contributed by atoms with Crippen LogP contribution in [0, 0.1) is 0 Å². The van der Waals surface area contributed by atoms with E-state index in [4.69, 9.17) is 0 Å². The van der Waals surface area contributed by atoms with Crippen molar-refractivity contribution >= 4 is 33.6 Å². The van der Waals surface area contributed by atoms with E-state index in [1.54, 1.807) is 25.2 Å². The van der Waals surface area contributed by atoms with Crippen LogP contribution in [0.1, 0.15) is 5.56 Å². The number of carbonyl (C=O) groups excluding carboxylic acids is 1. The minimum absolute atomic E-state index is 0.275. The topological polar surface area (TPSA) is 78.2 Å². The summed E-state index contributed by atoms with van der Waals surface area (Å²) in [7, 11) is 2.89. The van der Waals surface area contributed by atoms with Crippen molar-refractivity contribution in [2.75, 3.05) is 12.4 Å². The third-order valence-corrected chi connectivity index (χ3v) is 4.64. The number of nitrogens with one attached hydrogen (secondary N) is 1. The Balaban J connectivity index is 1.99. The van der Waals surface area contributed by atoms with E-state index in [9.17, 15) is 22.8 Å². The largest absolute Gasteiger partial charge is 0.453 e. The number of carbonyl (C=O) groups is 1. The molecule has 0 aliphatic carbocycles. The number of rotatable bonds is 2. The first kappa shape index (κ1) is 19.5. The summed E-state index contributed by atoms with van der Waals surface area (Å²) in [4.78, 5) is 24.7. The Morgan fingerprint density at radius 1 is 1.10 bits per heavy atom. The highest BCUT2D eigenvalue weighted by atomic mass is 19.4. The number of anilines is 1. The molecule has 1 N–H and O–H groups in total. The number of aromatic nitrogens is 3. The number of halogens is 3. The van der Waals surface area contributed by atoms with Gasteiger partial charge in [-0.25, -0.2) is 4.79 Å². The van der Waals surface area contributed by atoms with Gasteiger partial charge in [-0.15, -0.1) is 0 Å². The van der Waals surface area contributed by atoms with Crippen molar-refractivity contribution in [2.24, 2.45) is 7.05 Å². The fourth-order valence-electron chi connectivity index (χ4n) is 3.30. The number of benzene rings is 2. The van der Waals surface area contributed by atoms with Crippen LogP contribution >= 0.6 is 0 Å². The fourth-order valence-corrected chi connectivity index (χ4v) is 3.30. The SMILES string of the molecule is COC(=O)Nc1ccc2c(c1)c1nn(C)cc1c(=O)n2-c1ccc(C(F)(F)F)cc1. The molecule has 0 bridgehead atoms. The van der Waals surface area contributed by atoms with Crippen molar-refractivity contribution in [1.82, 2.24) is 14.3 Å². The summed E-state index contributed by atoms with van der Waals surface area (Å²) in [6, 6.07) is 9.12. The molecule has 7 nitrogen and oxygen atoms in total. The number of pyridine rings is 1. The lowest BCUT2D eigenvalue weighted by atomic mass is 10.1. The molecule has 2 aromatic heterocycles. The molecular weight excluding hydrogens is 401 g/mol. The second-order valence-corrected chi connectivity index (χ2v) is 6.60. The van der Waals surface area contributed by atoms with Gasteiger partial charge in [0.1, 0.15) is 5.52 Å². The van der Waals surface area contributed by atoms with Gasteiger partial charge in [0.25, 0.3) is 5.56 Å². The zero-order chi connectivity index (χ0) is 21.6. The molecule has 0 unspecified atom stereocenters. The smallest absolute Gasteiger partial charge is 0.416 e. The van der Waals surface area contributed by atoms with Crippen molar-refractivity contribution in [3.63, 3.8) is 0 Å². The first-order valence-electron chi connectivity index (χ1n) is 8.74. The molecule has 0 saturated carbocycles. The molecule has 0 aliphatic rings. The molecule has 0 fully saturated rings. The van der Waals surface area contributed by atoms with Crippen LogP contribution in [0.4, 0.5) is 23.7 Å². The highest BCUT2D eigenvalue weighted by Crippen LogP contribution is 2.31. The summed E-state index contributed by atoms with van der Waals surface area (Å²) in [5.74, 6) is 0. The summed E-state index contributed by atoms with van der Waals surface area (Å²) in [5.41, 5.74) is 0.307.